The molecule has 3 amide bonds. The molecular weight excluding hydrogens is 551 g/mol. The number of carbonyl (C=O) groups is 4. The van der Waals surface area contributed by atoms with Crippen LogP contribution in [-0.4, -0.2) is 56.3 Å². The molecule has 0 spiro atoms. The van der Waals surface area contributed by atoms with Gasteiger partial charge in [-0.2, -0.15) is 5.10 Å². The number of fused-ring (bicyclic) bond motifs is 1. The molecule has 2 N–H and O–H groups in total. The summed E-state index contributed by atoms with van der Waals surface area (Å²) in [5, 5.41) is 10.1. The van der Waals surface area contributed by atoms with Crippen molar-refractivity contribution in [3.05, 3.63) is 94.1 Å². The molecule has 2 aromatic carbocycles. The molecular formula is C29H28ClFN6O4. The molecule has 2 heterocycles. The second-order valence-corrected chi connectivity index (χ2v) is 9.95. The van der Waals surface area contributed by atoms with Gasteiger partial charge < -0.3 is 15.5 Å². The Labute approximate surface area is 240 Å². The van der Waals surface area contributed by atoms with Crippen LogP contribution in [0.3, 0.4) is 0 Å². The summed E-state index contributed by atoms with van der Waals surface area (Å²) in [6.07, 6.45) is 3.85. The first-order chi connectivity index (χ1) is 19.7. The third-order valence-corrected chi connectivity index (χ3v) is 6.67. The summed E-state index contributed by atoms with van der Waals surface area (Å²) < 4.78 is 15.5. The molecule has 10 nitrogen and oxygen atoms in total. The average molecular weight is 579 g/mol. The second-order valence-electron chi connectivity index (χ2n) is 9.54. The number of carbonyl (C=O) groups excluding carboxylic acids is 4. The van der Waals surface area contributed by atoms with Crippen LogP contribution in [0.4, 0.5) is 4.39 Å². The third kappa shape index (κ3) is 7.12. The Morgan fingerprint density at radius 3 is 2.61 bits per heavy atom. The summed E-state index contributed by atoms with van der Waals surface area (Å²) >= 11 is 5.80. The molecule has 212 valence electrons. The van der Waals surface area contributed by atoms with Crippen molar-refractivity contribution in [3.63, 3.8) is 0 Å². The first-order valence-electron chi connectivity index (χ1n) is 12.8. The second kappa shape index (κ2) is 13.1. The molecule has 0 atom stereocenters. The van der Waals surface area contributed by atoms with Gasteiger partial charge in [-0.15, -0.1) is 0 Å². The highest BCUT2D eigenvalue weighted by atomic mass is 35.5. The maximum absolute atomic E-state index is 14.1. The molecule has 0 unspecified atom stereocenters. The van der Waals surface area contributed by atoms with E-state index in [-0.39, 0.29) is 54.4 Å². The smallest absolute Gasteiger partial charge is 0.251 e. The van der Waals surface area contributed by atoms with Gasteiger partial charge in [0.2, 0.25) is 11.8 Å². The number of hydrogen-bond donors (Lipinski definition) is 2. The Kier molecular flexibility index (Phi) is 9.41. The highest BCUT2D eigenvalue weighted by molar-refractivity contribution is 6.30. The molecule has 0 saturated carbocycles. The van der Waals surface area contributed by atoms with E-state index < -0.39 is 17.6 Å². The number of hydrogen-bond acceptors (Lipinski definition) is 6. The number of halogens is 2. The number of pyridine rings is 1. The van der Waals surface area contributed by atoms with Gasteiger partial charge >= 0.3 is 0 Å². The standard InChI is InChI=1S/C29H28ClFN6O4/c1-18(2)36(15-26(39)33-14-21-6-3-7-23(30)28(21)31)27(40)16-37-25-9-8-20(11-22(25)24(17-38)35-37)29(41)34-13-19-5-4-10-32-12-19/h3-12,17-18H,13-16H2,1-2H3,(H,33,39)(H,34,41). The van der Waals surface area contributed by atoms with E-state index in [2.05, 4.69) is 20.7 Å². The molecule has 0 fully saturated rings. The highest BCUT2D eigenvalue weighted by Crippen LogP contribution is 2.21. The topological polar surface area (TPSA) is 126 Å². The van der Waals surface area contributed by atoms with Crippen LogP contribution in [0, 0.1) is 5.82 Å². The Hall–Kier alpha value is -4.64. The van der Waals surface area contributed by atoms with Crippen molar-refractivity contribution in [3.8, 4) is 0 Å². The zero-order chi connectivity index (χ0) is 29.5. The van der Waals surface area contributed by atoms with E-state index in [1.54, 1.807) is 56.6 Å². The zero-order valence-corrected chi connectivity index (χ0v) is 23.2. The summed E-state index contributed by atoms with van der Waals surface area (Å²) in [4.78, 5) is 55.7. The van der Waals surface area contributed by atoms with Gasteiger partial charge in [-0.1, -0.05) is 29.8 Å². The monoisotopic (exact) mass is 578 g/mol. The quantitative estimate of drug-likeness (QED) is 0.262. The molecule has 0 aliphatic heterocycles. The molecule has 4 rings (SSSR count). The Morgan fingerprint density at radius 2 is 1.90 bits per heavy atom. The summed E-state index contributed by atoms with van der Waals surface area (Å²) in [5.41, 5.74) is 1.94. The fourth-order valence-corrected chi connectivity index (χ4v) is 4.40. The van der Waals surface area contributed by atoms with E-state index in [0.717, 1.165) is 5.56 Å². The number of rotatable bonds is 11. The highest BCUT2D eigenvalue weighted by Gasteiger charge is 2.23. The summed E-state index contributed by atoms with van der Waals surface area (Å²) in [6.45, 7) is 3.21. The van der Waals surface area contributed by atoms with Crippen molar-refractivity contribution < 1.29 is 23.6 Å². The minimum Gasteiger partial charge on any atom is -0.350 e. The van der Waals surface area contributed by atoms with Crippen LogP contribution in [0.1, 0.15) is 45.8 Å². The largest absolute Gasteiger partial charge is 0.350 e. The molecule has 0 saturated heterocycles. The summed E-state index contributed by atoms with van der Waals surface area (Å²) in [7, 11) is 0. The van der Waals surface area contributed by atoms with Crippen molar-refractivity contribution >= 4 is 46.5 Å². The van der Waals surface area contributed by atoms with Crippen LogP contribution in [-0.2, 0) is 29.2 Å². The Balaban J connectivity index is 1.45. The molecule has 4 aromatic rings. The summed E-state index contributed by atoms with van der Waals surface area (Å²) in [6, 6.07) is 12.5. The van der Waals surface area contributed by atoms with Crippen molar-refractivity contribution in [2.24, 2.45) is 0 Å². The SMILES string of the molecule is CC(C)N(CC(=O)NCc1cccc(Cl)c1F)C(=O)Cn1nc(C=O)c2cc(C(=O)NCc3cccnc3)ccc21. The van der Waals surface area contributed by atoms with Gasteiger partial charge in [0.05, 0.1) is 17.1 Å². The van der Waals surface area contributed by atoms with E-state index in [1.807, 2.05) is 6.07 Å². The van der Waals surface area contributed by atoms with Crippen LogP contribution < -0.4 is 10.6 Å². The maximum atomic E-state index is 14.1. The van der Waals surface area contributed by atoms with E-state index in [9.17, 15) is 23.6 Å². The number of aldehydes is 1. The van der Waals surface area contributed by atoms with Crippen molar-refractivity contribution in [1.82, 2.24) is 30.3 Å². The van der Waals surface area contributed by atoms with Gasteiger partial charge in [-0.25, -0.2) is 4.39 Å². The van der Waals surface area contributed by atoms with Gasteiger partial charge in [0.1, 0.15) is 18.1 Å². The van der Waals surface area contributed by atoms with Gasteiger partial charge in [-0.3, -0.25) is 28.8 Å². The fourth-order valence-electron chi connectivity index (χ4n) is 4.21. The lowest BCUT2D eigenvalue weighted by Crippen LogP contribution is -2.45. The van der Waals surface area contributed by atoms with Gasteiger partial charge in [0.15, 0.2) is 6.29 Å². The number of aromatic nitrogens is 3. The summed E-state index contributed by atoms with van der Waals surface area (Å²) in [5.74, 6) is -1.85. The molecule has 0 radical (unpaired) electrons. The third-order valence-electron chi connectivity index (χ3n) is 6.38. The molecule has 0 aliphatic carbocycles. The predicted molar refractivity (Wildman–Crippen MR) is 151 cm³/mol. The zero-order valence-electron chi connectivity index (χ0n) is 22.4. The van der Waals surface area contributed by atoms with E-state index in [4.69, 9.17) is 11.6 Å². The molecule has 12 heteroatoms. The average Bonchev–Trinajstić information content (AvgIpc) is 3.32. The first kappa shape index (κ1) is 29.3. The Bertz CT molecular complexity index is 1590. The predicted octanol–water partition coefficient (Wildman–Crippen LogP) is 3.52. The van der Waals surface area contributed by atoms with E-state index >= 15 is 0 Å². The normalized spacial score (nSPS) is 11.0. The first-order valence-corrected chi connectivity index (χ1v) is 13.2. The number of benzene rings is 2. The van der Waals surface area contributed by atoms with Crippen molar-refractivity contribution in [2.45, 2.75) is 39.5 Å². The van der Waals surface area contributed by atoms with E-state index in [0.29, 0.717) is 22.8 Å². The lowest BCUT2D eigenvalue weighted by Gasteiger charge is -2.26. The van der Waals surface area contributed by atoms with Crippen LogP contribution >= 0.6 is 11.6 Å². The van der Waals surface area contributed by atoms with Gasteiger partial charge in [0.25, 0.3) is 5.91 Å². The van der Waals surface area contributed by atoms with Crippen LogP contribution in [0.15, 0.2) is 60.9 Å². The molecule has 41 heavy (non-hydrogen) atoms. The number of nitrogens with zero attached hydrogens (tertiary/aromatic N) is 4. The molecule has 2 aromatic heterocycles. The van der Waals surface area contributed by atoms with Crippen LogP contribution in [0.2, 0.25) is 5.02 Å². The maximum Gasteiger partial charge on any atom is 0.251 e. The number of nitrogens with one attached hydrogen (secondary N) is 2. The fraction of sp³-hybridized carbons (Fsp3) is 0.241. The minimum atomic E-state index is -0.614. The van der Waals surface area contributed by atoms with Crippen LogP contribution in [0.5, 0.6) is 0 Å². The number of amides is 3. The lowest BCUT2D eigenvalue weighted by molar-refractivity contribution is -0.138. The molecule has 0 bridgehead atoms. The van der Waals surface area contributed by atoms with Crippen molar-refractivity contribution in [1.29, 1.82) is 0 Å². The minimum absolute atomic E-state index is 0.0469. The van der Waals surface area contributed by atoms with Gasteiger partial charge in [-0.05, 0) is 49.7 Å². The van der Waals surface area contributed by atoms with Gasteiger partial charge in [0, 0.05) is 48.0 Å². The van der Waals surface area contributed by atoms with Crippen molar-refractivity contribution in [2.75, 3.05) is 6.54 Å². The van der Waals surface area contributed by atoms with E-state index in [1.165, 1.54) is 21.7 Å². The van der Waals surface area contributed by atoms with Crippen LogP contribution in [0.25, 0.3) is 10.9 Å². The molecule has 0 aliphatic rings. The lowest BCUT2D eigenvalue weighted by atomic mass is 10.1. The Morgan fingerprint density at radius 1 is 1.10 bits per heavy atom.